The Bertz CT molecular complexity index is 1570. The van der Waals surface area contributed by atoms with Crippen molar-refractivity contribution in [1.82, 2.24) is 9.88 Å². The minimum absolute atomic E-state index is 0.0612. The van der Waals surface area contributed by atoms with Crippen molar-refractivity contribution in [2.24, 2.45) is 11.8 Å². The Hall–Kier alpha value is -4.07. The molecule has 3 aromatic carbocycles. The van der Waals surface area contributed by atoms with E-state index in [2.05, 4.69) is 17.1 Å². The number of aromatic nitrogens is 1. The maximum Gasteiger partial charge on any atom is 0.254 e. The van der Waals surface area contributed by atoms with Gasteiger partial charge in [-0.25, -0.2) is 4.98 Å². The van der Waals surface area contributed by atoms with Gasteiger partial charge in [-0.3, -0.25) is 9.59 Å². The molecule has 2 aliphatic rings. The van der Waals surface area contributed by atoms with Crippen molar-refractivity contribution in [3.63, 3.8) is 0 Å². The van der Waals surface area contributed by atoms with Crippen LogP contribution in [0, 0.1) is 18.8 Å². The van der Waals surface area contributed by atoms with E-state index in [1.165, 1.54) is 0 Å². The van der Waals surface area contributed by atoms with Crippen molar-refractivity contribution in [3.8, 4) is 0 Å². The Kier molecular flexibility index (Phi) is 9.87. The van der Waals surface area contributed by atoms with Gasteiger partial charge in [-0.15, -0.1) is 0 Å². The van der Waals surface area contributed by atoms with Crippen molar-refractivity contribution in [2.45, 2.75) is 76.7 Å². The highest BCUT2D eigenvalue weighted by Gasteiger charge is 2.36. The zero-order valence-electron chi connectivity index (χ0n) is 25.9. The van der Waals surface area contributed by atoms with Gasteiger partial charge in [-0.05, 0) is 80.5 Å². The number of nitrogens with zero attached hydrogens (tertiary/aromatic N) is 2. The molecule has 45 heavy (non-hydrogen) atoms. The van der Waals surface area contributed by atoms with Gasteiger partial charge in [0.1, 0.15) is 12.3 Å². The number of aliphatic hydroxyl groups excluding tert-OH is 1. The number of rotatable bonds is 12. The molecule has 1 aliphatic heterocycles. The number of carbonyl (C=O) groups is 2. The summed E-state index contributed by atoms with van der Waals surface area (Å²) in [4.78, 5) is 33.7. The Morgan fingerprint density at radius 3 is 2.42 bits per heavy atom. The highest BCUT2D eigenvalue weighted by atomic mass is 16.5. The number of aryl methyl sites for hydroxylation is 1. The largest absolute Gasteiger partial charge is 0.446 e. The van der Waals surface area contributed by atoms with Crippen LogP contribution in [-0.2, 0) is 17.8 Å². The summed E-state index contributed by atoms with van der Waals surface area (Å²) >= 11 is 0. The summed E-state index contributed by atoms with van der Waals surface area (Å²) in [7, 11) is 0. The maximum atomic E-state index is 13.8. The average Bonchev–Trinajstić information content (AvgIpc) is 3.85. The summed E-state index contributed by atoms with van der Waals surface area (Å²) in [6.45, 7) is 3.05. The molecular weight excluding hydrogens is 564 g/mol. The van der Waals surface area contributed by atoms with Crippen molar-refractivity contribution in [1.29, 1.82) is 0 Å². The van der Waals surface area contributed by atoms with Gasteiger partial charge >= 0.3 is 0 Å². The lowest BCUT2D eigenvalue weighted by molar-refractivity contribution is 0.0184. The van der Waals surface area contributed by atoms with Crippen LogP contribution in [0.25, 0.3) is 0 Å². The molecule has 2 fully saturated rings. The predicted octanol–water partition coefficient (Wildman–Crippen LogP) is 7.14. The summed E-state index contributed by atoms with van der Waals surface area (Å²) < 4.78 is 11.8. The zero-order valence-corrected chi connectivity index (χ0v) is 25.9. The Morgan fingerprint density at radius 2 is 1.69 bits per heavy atom. The van der Waals surface area contributed by atoms with Gasteiger partial charge in [0.25, 0.3) is 5.91 Å². The highest BCUT2D eigenvalue weighted by Crippen LogP contribution is 2.36. The number of hydrogen-bond acceptors (Lipinski definition) is 6. The fourth-order valence-electron chi connectivity index (χ4n) is 6.98. The van der Waals surface area contributed by atoms with E-state index in [4.69, 9.17) is 9.15 Å². The van der Waals surface area contributed by atoms with Crippen LogP contribution < -0.4 is 0 Å². The van der Waals surface area contributed by atoms with Crippen LogP contribution in [-0.4, -0.2) is 45.4 Å². The molecule has 1 saturated carbocycles. The molecule has 1 saturated heterocycles. The van der Waals surface area contributed by atoms with Crippen molar-refractivity contribution < 1.29 is 23.8 Å². The average molecular weight is 607 g/mol. The van der Waals surface area contributed by atoms with Gasteiger partial charge in [0.05, 0.1) is 24.5 Å². The van der Waals surface area contributed by atoms with Crippen LogP contribution in [0.2, 0.25) is 0 Å². The maximum absolute atomic E-state index is 13.8. The van der Waals surface area contributed by atoms with Crippen LogP contribution >= 0.6 is 0 Å². The van der Waals surface area contributed by atoms with Gasteiger partial charge in [-0.2, -0.15) is 0 Å². The number of ether oxygens (including phenoxy) is 1. The number of ketones is 1. The van der Waals surface area contributed by atoms with E-state index in [0.29, 0.717) is 36.6 Å². The molecule has 5 atom stereocenters. The van der Waals surface area contributed by atoms with Gasteiger partial charge in [-0.1, -0.05) is 72.8 Å². The third-order valence-electron chi connectivity index (χ3n) is 9.37. The van der Waals surface area contributed by atoms with Gasteiger partial charge in [0, 0.05) is 24.1 Å². The lowest BCUT2D eigenvalue weighted by Crippen LogP contribution is -2.32. The van der Waals surface area contributed by atoms with E-state index in [0.717, 1.165) is 48.9 Å². The molecule has 1 aliphatic carbocycles. The first-order chi connectivity index (χ1) is 21.9. The summed E-state index contributed by atoms with van der Waals surface area (Å²) in [6, 6.07) is 27.0. The minimum atomic E-state index is -0.640. The third-order valence-corrected chi connectivity index (χ3v) is 9.37. The lowest BCUT2D eigenvalue weighted by Gasteiger charge is -2.28. The molecule has 234 valence electrons. The Labute approximate surface area is 265 Å². The first-order valence-corrected chi connectivity index (χ1v) is 16.2. The molecule has 6 rings (SSSR count). The third kappa shape index (κ3) is 7.60. The molecule has 0 unspecified atom stereocenters. The predicted molar refractivity (Wildman–Crippen MR) is 172 cm³/mol. The molecule has 1 amide bonds. The van der Waals surface area contributed by atoms with Crippen LogP contribution in [0.4, 0.5) is 0 Å². The number of hydrogen-bond donors (Lipinski definition) is 1. The van der Waals surface area contributed by atoms with E-state index in [1.807, 2.05) is 55.5 Å². The fourth-order valence-corrected chi connectivity index (χ4v) is 6.98. The standard InChI is InChI=1S/C38H42N2O5/c1-26-24-45-37(39-26)34-16-9-19-40(34)38(43)31-15-8-14-29(21-31)35(41)23-32(20-27-10-4-2-5-11-27)36(42)30-17-18-33(22-30)44-25-28-12-6-3-7-13-28/h2-8,10-15,21,24,30,32-34,36,42H,9,16-20,22-23,25H2,1H3/t30-,32-,33+,34-,36-/m1/s1. The normalized spacial score (nSPS) is 21.1. The van der Waals surface area contributed by atoms with Gasteiger partial charge in [0.15, 0.2) is 5.78 Å². The van der Waals surface area contributed by atoms with Crippen molar-refractivity contribution in [2.75, 3.05) is 6.54 Å². The number of benzene rings is 3. The number of carbonyl (C=O) groups excluding carboxylic acids is 2. The monoisotopic (exact) mass is 606 g/mol. The molecule has 0 radical (unpaired) electrons. The first kappa shape index (κ1) is 30.9. The molecule has 2 heterocycles. The van der Waals surface area contributed by atoms with Crippen LogP contribution in [0.15, 0.2) is 95.6 Å². The molecule has 4 aromatic rings. The van der Waals surface area contributed by atoms with Crippen molar-refractivity contribution >= 4 is 11.7 Å². The van der Waals surface area contributed by atoms with Crippen LogP contribution in [0.5, 0.6) is 0 Å². The molecule has 0 bridgehead atoms. The van der Waals surface area contributed by atoms with E-state index in [-0.39, 0.29) is 42.1 Å². The lowest BCUT2D eigenvalue weighted by atomic mass is 9.81. The van der Waals surface area contributed by atoms with Crippen LogP contribution in [0.1, 0.15) is 88.0 Å². The minimum Gasteiger partial charge on any atom is -0.446 e. The van der Waals surface area contributed by atoms with E-state index >= 15 is 0 Å². The van der Waals surface area contributed by atoms with Crippen LogP contribution in [0.3, 0.4) is 0 Å². The molecule has 7 nitrogen and oxygen atoms in total. The summed E-state index contributed by atoms with van der Waals surface area (Å²) in [5.74, 6) is 0.166. The quantitative estimate of drug-likeness (QED) is 0.172. The van der Waals surface area contributed by atoms with Gasteiger partial charge < -0.3 is 19.2 Å². The van der Waals surface area contributed by atoms with E-state index in [1.54, 1.807) is 35.4 Å². The summed E-state index contributed by atoms with van der Waals surface area (Å²) in [5, 5.41) is 11.7. The Balaban J connectivity index is 1.14. The fraction of sp³-hybridized carbons (Fsp3) is 0.395. The number of likely N-dealkylation sites (tertiary alicyclic amines) is 1. The summed E-state index contributed by atoms with van der Waals surface area (Å²) in [5.41, 5.74) is 3.99. The molecule has 0 spiro atoms. The van der Waals surface area contributed by atoms with E-state index in [9.17, 15) is 14.7 Å². The second-order valence-electron chi connectivity index (χ2n) is 12.6. The smallest absolute Gasteiger partial charge is 0.254 e. The van der Waals surface area contributed by atoms with Crippen molar-refractivity contribution in [3.05, 3.63) is 125 Å². The summed E-state index contributed by atoms with van der Waals surface area (Å²) in [6.07, 6.45) is 6.07. The highest BCUT2D eigenvalue weighted by molar-refractivity contribution is 6.00. The molecule has 7 heteroatoms. The second kappa shape index (κ2) is 14.4. The number of oxazole rings is 1. The number of Topliss-reactive ketones (excluding diaryl/α,β-unsaturated/α-hetero) is 1. The topological polar surface area (TPSA) is 92.9 Å². The zero-order chi connectivity index (χ0) is 31.2. The molecule has 1 N–H and O–H groups in total. The number of amides is 1. The Morgan fingerprint density at radius 1 is 0.956 bits per heavy atom. The van der Waals surface area contributed by atoms with E-state index < -0.39 is 6.10 Å². The SMILES string of the molecule is Cc1coc([C@H]2CCCN2C(=O)c2cccc(C(=O)C[C@@H](Cc3ccccc3)[C@H](O)[C@@H]3CC[C@H](OCc4ccccc4)C3)c2)n1. The first-order valence-electron chi connectivity index (χ1n) is 16.2. The molecular formula is C38H42N2O5. The van der Waals surface area contributed by atoms with Gasteiger partial charge in [0.2, 0.25) is 5.89 Å². The molecule has 1 aromatic heterocycles. The number of aliphatic hydroxyl groups is 1. The second-order valence-corrected chi connectivity index (χ2v) is 12.6.